The van der Waals surface area contributed by atoms with Crippen LogP contribution >= 0.6 is 11.3 Å². The zero-order chi connectivity index (χ0) is 19.8. The van der Waals surface area contributed by atoms with Gasteiger partial charge in [0.2, 0.25) is 0 Å². The number of rotatable bonds is 7. The lowest BCUT2D eigenvalue weighted by molar-refractivity contribution is 0.0956. The summed E-state index contributed by atoms with van der Waals surface area (Å²) in [6, 6.07) is 18.9. The average Bonchev–Trinajstić information content (AvgIpc) is 3.06. The zero-order valence-corrected chi connectivity index (χ0v) is 16.4. The molecule has 0 saturated heterocycles. The second kappa shape index (κ2) is 9.66. The summed E-state index contributed by atoms with van der Waals surface area (Å²) in [7, 11) is 0. The van der Waals surface area contributed by atoms with Gasteiger partial charge in [0, 0.05) is 12.2 Å². The van der Waals surface area contributed by atoms with Crippen molar-refractivity contribution in [1.29, 1.82) is 0 Å². The molecule has 0 spiro atoms. The molecule has 144 valence electrons. The summed E-state index contributed by atoms with van der Waals surface area (Å²) in [6.45, 7) is 2.35. The molecular weight excluding hydrogens is 372 g/mol. The number of carbonyl (C=O) groups excluding carboxylic acids is 2. The molecule has 0 atom stereocenters. The molecule has 0 unspecified atom stereocenters. The number of nitrogens with zero attached hydrogens (tertiary/aromatic N) is 1. The second-order valence-electron chi connectivity index (χ2n) is 6.22. The molecule has 3 amide bonds. The largest absolute Gasteiger partial charge is 0.351 e. The molecule has 0 aliphatic carbocycles. The molecule has 3 N–H and O–H groups in total. The Kier molecular flexibility index (Phi) is 6.75. The Labute approximate surface area is 168 Å². The molecule has 3 aromatic rings. The SMILES string of the molecule is Cc1nc(NC(=O)Nc2ccccc2)sc1C(=O)NCCCc1ccccc1. The molecule has 0 saturated carbocycles. The van der Waals surface area contributed by atoms with Crippen molar-refractivity contribution in [3.05, 3.63) is 76.8 Å². The highest BCUT2D eigenvalue weighted by molar-refractivity contribution is 7.17. The van der Waals surface area contributed by atoms with Crippen molar-refractivity contribution in [1.82, 2.24) is 10.3 Å². The molecule has 2 aromatic carbocycles. The molecular formula is C21H22N4O2S. The summed E-state index contributed by atoms with van der Waals surface area (Å²) >= 11 is 1.17. The van der Waals surface area contributed by atoms with Crippen LogP contribution in [0, 0.1) is 6.92 Å². The summed E-state index contributed by atoms with van der Waals surface area (Å²) in [6.07, 6.45) is 1.77. The number of aromatic nitrogens is 1. The number of thiazole rings is 1. The van der Waals surface area contributed by atoms with Gasteiger partial charge in [0.15, 0.2) is 5.13 Å². The zero-order valence-electron chi connectivity index (χ0n) is 15.6. The topological polar surface area (TPSA) is 83.1 Å². The molecule has 0 radical (unpaired) electrons. The summed E-state index contributed by atoms with van der Waals surface area (Å²) < 4.78 is 0. The van der Waals surface area contributed by atoms with Gasteiger partial charge in [0.25, 0.3) is 5.91 Å². The van der Waals surface area contributed by atoms with Gasteiger partial charge in [-0.3, -0.25) is 10.1 Å². The van der Waals surface area contributed by atoms with E-state index in [9.17, 15) is 9.59 Å². The maximum absolute atomic E-state index is 12.4. The van der Waals surface area contributed by atoms with Gasteiger partial charge >= 0.3 is 6.03 Å². The number of nitrogens with one attached hydrogen (secondary N) is 3. The van der Waals surface area contributed by atoms with Crippen molar-refractivity contribution in [3.63, 3.8) is 0 Å². The van der Waals surface area contributed by atoms with Crippen molar-refractivity contribution in [2.24, 2.45) is 0 Å². The first-order chi connectivity index (χ1) is 13.6. The molecule has 0 fully saturated rings. The molecule has 0 bridgehead atoms. The number of hydrogen-bond acceptors (Lipinski definition) is 4. The van der Waals surface area contributed by atoms with Crippen molar-refractivity contribution < 1.29 is 9.59 Å². The summed E-state index contributed by atoms with van der Waals surface area (Å²) in [5, 5.41) is 8.70. The fourth-order valence-corrected chi connectivity index (χ4v) is 3.54. The van der Waals surface area contributed by atoms with E-state index < -0.39 is 6.03 Å². The van der Waals surface area contributed by atoms with E-state index in [0.717, 1.165) is 12.8 Å². The van der Waals surface area contributed by atoms with Crippen molar-refractivity contribution in [3.8, 4) is 0 Å². The fourth-order valence-electron chi connectivity index (χ4n) is 2.66. The molecule has 3 rings (SSSR count). The van der Waals surface area contributed by atoms with E-state index in [1.54, 1.807) is 19.1 Å². The van der Waals surface area contributed by atoms with Crippen LogP contribution in [0.3, 0.4) is 0 Å². The summed E-state index contributed by atoms with van der Waals surface area (Å²) in [5.41, 5.74) is 2.53. The molecule has 1 heterocycles. The number of anilines is 2. The normalized spacial score (nSPS) is 10.3. The maximum atomic E-state index is 12.4. The smallest absolute Gasteiger partial charge is 0.325 e. The minimum absolute atomic E-state index is 0.167. The minimum atomic E-state index is -0.394. The molecule has 1 aromatic heterocycles. The number of amides is 3. The lowest BCUT2D eigenvalue weighted by Crippen LogP contribution is -2.24. The van der Waals surface area contributed by atoms with E-state index in [1.165, 1.54) is 16.9 Å². The third-order valence-corrected chi connectivity index (χ3v) is 5.10. The Morgan fingerprint density at radius 3 is 2.36 bits per heavy atom. The predicted octanol–water partition coefficient (Wildman–Crippen LogP) is 4.46. The van der Waals surface area contributed by atoms with Gasteiger partial charge < -0.3 is 10.6 Å². The second-order valence-corrected chi connectivity index (χ2v) is 7.22. The summed E-state index contributed by atoms with van der Waals surface area (Å²) in [4.78, 5) is 29.2. The first-order valence-electron chi connectivity index (χ1n) is 9.04. The van der Waals surface area contributed by atoms with E-state index >= 15 is 0 Å². The molecule has 0 aliphatic heterocycles. The lowest BCUT2D eigenvalue weighted by Gasteiger charge is -2.05. The van der Waals surface area contributed by atoms with Gasteiger partial charge in [-0.1, -0.05) is 59.9 Å². The van der Waals surface area contributed by atoms with Crippen LogP contribution in [0.2, 0.25) is 0 Å². The molecule has 0 aliphatic rings. The van der Waals surface area contributed by atoms with Crippen LogP contribution in [-0.4, -0.2) is 23.5 Å². The number of hydrogen-bond donors (Lipinski definition) is 3. The number of urea groups is 1. The number of carbonyl (C=O) groups is 2. The maximum Gasteiger partial charge on any atom is 0.325 e. The van der Waals surface area contributed by atoms with Gasteiger partial charge in [0.1, 0.15) is 4.88 Å². The highest BCUT2D eigenvalue weighted by atomic mass is 32.1. The fraction of sp³-hybridized carbons (Fsp3) is 0.190. The number of para-hydroxylation sites is 1. The first-order valence-corrected chi connectivity index (χ1v) is 9.86. The highest BCUT2D eigenvalue weighted by Gasteiger charge is 2.16. The van der Waals surface area contributed by atoms with Crippen LogP contribution in [0.15, 0.2) is 60.7 Å². The molecule has 6 nitrogen and oxygen atoms in total. The van der Waals surface area contributed by atoms with Gasteiger partial charge in [-0.25, -0.2) is 9.78 Å². The predicted molar refractivity (Wildman–Crippen MR) is 113 cm³/mol. The highest BCUT2D eigenvalue weighted by Crippen LogP contribution is 2.22. The van der Waals surface area contributed by atoms with E-state index in [0.29, 0.717) is 27.9 Å². The Morgan fingerprint density at radius 2 is 1.64 bits per heavy atom. The van der Waals surface area contributed by atoms with Crippen LogP contribution in [0.25, 0.3) is 0 Å². The van der Waals surface area contributed by atoms with Gasteiger partial charge in [0.05, 0.1) is 5.69 Å². The van der Waals surface area contributed by atoms with Crippen molar-refractivity contribution in [2.75, 3.05) is 17.2 Å². The Balaban J connectivity index is 1.48. The van der Waals surface area contributed by atoms with Gasteiger partial charge in [-0.05, 0) is 37.5 Å². The monoisotopic (exact) mass is 394 g/mol. The summed E-state index contributed by atoms with van der Waals surface area (Å²) in [5.74, 6) is -0.167. The Morgan fingerprint density at radius 1 is 0.964 bits per heavy atom. The van der Waals surface area contributed by atoms with Crippen LogP contribution in [0.5, 0.6) is 0 Å². The average molecular weight is 395 g/mol. The van der Waals surface area contributed by atoms with Crippen molar-refractivity contribution in [2.45, 2.75) is 19.8 Å². The Hall–Kier alpha value is -3.19. The number of benzene rings is 2. The van der Waals surface area contributed by atoms with Crippen LogP contribution < -0.4 is 16.0 Å². The van der Waals surface area contributed by atoms with Crippen LogP contribution in [-0.2, 0) is 6.42 Å². The van der Waals surface area contributed by atoms with E-state index in [1.807, 2.05) is 36.4 Å². The van der Waals surface area contributed by atoms with Gasteiger partial charge in [-0.15, -0.1) is 0 Å². The van der Waals surface area contributed by atoms with Crippen LogP contribution in [0.1, 0.15) is 27.3 Å². The third-order valence-electron chi connectivity index (χ3n) is 4.03. The molecule has 28 heavy (non-hydrogen) atoms. The standard InChI is InChI=1S/C21H22N4O2S/c1-15-18(19(26)22-14-8-11-16-9-4-2-5-10-16)28-21(23-15)25-20(27)24-17-12-6-3-7-13-17/h2-7,9-10,12-13H,8,11,14H2,1H3,(H,22,26)(H2,23,24,25,27). The van der Waals surface area contributed by atoms with Crippen LogP contribution in [0.4, 0.5) is 15.6 Å². The number of aryl methyl sites for hydroxylation is 2. The van der Waals surface area contributed by atoms with E-state index in [2.05, 4.69) is 33.1 Å². The Bertz CT molecular complexity index is 926. The van der Waals surface area contributed by atoms with E-state index in [4.69, 9.17) is 0 Å². The van der Waals surface area contributed by atoms with Crippen molar-refractivity contribution >= 4 is 34.1 Å². The van der Waals surface area contributed by atoms with Gasteiger partial charge in [-0.2, -0.15) is 0 Å². The minimum Gasteiger partial charge on any atom is -0.351 e. The third kappa shape index (κ3) is 5.65. The quantitative estimate of drug-likeness (QED) is 0.518. The first kappa shape index (κ1) is 19.6. The molecule has 7 heteroatoms. The lowest BCUT2D eigenvalue weighted by atomic mass is 10.1. The van der Waals surface area contributed by atoms with E-state index in [-0.39, 0.29) is 5.91 Å².